The molecule has 0 unspecified atom stereocenters. The topological polar surface area (TPSA) is 65.5 Å². The first-order chi connectivity index (χ1) is 8.15. The molecule has 1 aromatic rings. The number of carbonyl (C=O) groups is 1. The first-order valence-electron chi connectivity index (χ1n) is 5.82. The highest BCUT2D eigenvalue weighted by Gasteiger charge is 2.19. The van der Waals surface area contributed by atoms with Crippen LogP contribution in [0.4, 0.5) is 10.6 Å². The number of rotatable bonds is 3. The van der Waals surface area contributed by atoms with E-state index in [0.717, 1.165) is 30.4 Å². The summed E-state index contributed by atoms with van der Waals surface area (Å²) in [6, 6.07) is 3.87. The minimum atomic E-state index is -1.01. The van der Waals surface area contributed by atoms with Gasteiger partial charge in [-0.3, -0.25) is 0 Å². The first kappa shape index (κ1) is 11.7. The molecule has 1 atom stereocenters. The Labute approximate surface area is 100 Å². The summed E-state index contributed by atoms with van der Waals surface area (Å²) in [4.78, 5) is 17.0. The number of hydrogen-bond acceptors (Lipinski definition) is 3. The van der Waals surface area contributed by atoms with Gasteiger partial charge in [-0.1, -0.05) is 13.0 Å². The van der Waals surface area contributed by atoms with E-state index >= 15 is 0 Å². The van der Waals surface area contributed by atoms with E-state index < -0.39 is 6.09 Å². The van der Waals surface area contributed by atoms with Crippen LogP contribution in [0.5, 0.6) is 0 Å². The zero-order valence-electron chi connectivity index (χ0n) is 9.89. The van der Waals surface area contributed by atoms with Gasteiger partial charge in [0.1, 0.15) is 5.82 Å². The Kier molecular flexibility index (Phi) is 3.46. The lowest BCUT2D eigenvalue weighted by molar-refractivity contribution is 0.194. The van der Waals surface area contributed by atoms with Crippen molar-refractivity contribution < 1.29 is 9.90 Å². The van der Waals surface area contributed by atoms with Gasteiger partial charge in [0, 0.05) is 25.8 Å². The number of aromatic nitrogens is 1. The summed E-state index contributed by atoms with van der Waals surface area (Å²) in [5, 5.41) is 10.8. The van der Waals surface area contributed by atoms with Crippen molar-refractivity contribution in [2.75, 3.05) is 18.0 Å². The van der Waals surface area contributed by atoms with Gasteiger partial charge in [-0.25, -0.2) is 9.78 Å². The quantitative estimate of drug-likeness (QED) is 0.836. The van der Waals surface area contributed by atoms with Gasteiger partial charge < -0.3 is 15.3 Å². The molecule has 2 N–H and O–H groups in total. The summed E-state index contributed by atoms with van der Waals surface area (Å²) in [6.07, 6.45) is 1.93. The van der Waals surface area contributed by atoms with Gasteiger partial charge in [-0.05, 0) is 24.0 Å². The minimum Gasteiger partial charge on any atom is -0.465 e. The fraction of sp³-hybridized carbons (Fsp3) is 0.500. The van der Waals surface area contributed by atoms with Gasteiger partial charge in [0.05, 0.1) is 0 Å². The summed E-state index contributed by atoms with van der Waals surface area (Å²) < 4.78 is 0. The Morgan fingerprint density at radius 3 is 3.00 bits per heavy atom. The van der Waals surface area contributed by atoms with Gasteiger partial charge in [-0.2, -0.15) is 0 Å². The summed E-state index contributed by atoms with van der Waals surface area (Å²) >= 11 is 0. The standard InChI is InChI=1S/C12H17N3O2/c1-9-4-5-15(8-9)11-3-2-10(6-13-11)7-14-12(16)17/h2-3,6,9,14H,4-5,7-8H2,1H3,(H,16,17)/t9-/m0/s1. The van der Waals surface area contributed by atoms with Crippen molar-refractivity contribution in [2.24, 2.45) is 5.92 Å². The van der Waals surface area contributed by atoms with E-state index in [2.05, 4.69) is 22.1 Å². The Bertz CT molecular complexity index is 391. The second-order valence-corrected chi connectivity index (χ2v) is 4.52. The van der Waals surface area contributed by atoms with Crippen molar-refractivity contribution in [3.05, 3.63) is 23.9 Å². The van der Waals surface area contributed by atoms with E-state index in [9.17, 15) is 4.79 Å². The molecule has 5 nitrogen and oxygen atoms in total. The fourth-order valence-corrected chi connectivity index (χ4v) is 2.03. The SMILES string of the molecule is C[C@H]1CCN(c2ccc(CNC(=O)O)cn2)C1. The lowest BCUT2D eigenvalue weighted by Crippen LogP contribution is -2.21. The smallest absolute Gasteiger partial charge is 0.404 e. The molecule has 0 bridgehead atoms. The molecule has 0 spiro atoms. The molecule has 17 heavy (non-hydrogen) atoms. The highest BCUT2D eigenvalue weighted by molar-refractivity contribution is 5.64. The van der Waals surface area contributed by atoms with Crippen molar-refractivity contribution >= 4 is 11.9 Å². The summed E-state index contributed by atoms with van der Waals surface area (Å²) in [5.41, 5.74) is 0.878. The maximum Gasteiger partial charge on any atom is 0.404 e. The molecule has 1 aliphatic rings. The molecule has 0 saturated carbocycles. The number of nitrogens with zero attached hydrogens (tertiary/aromatic N) is 2. The van der Waals surface area contributed by atoms with Gasteiger partial charge >= 0.3 is 6.09 Å². The van der Waals surface area contributed by atoms with Crippen LogP contribution in [0.2, 0.25) is 0 Å². The number of hydrogen-bond donors (Lipinski definition) is 2. The normalized spacial score (nSPS) is 19.4. The Hall–Kier alpha value is -1.78. The summed E-state index contributed by atoms with van der Waals surface area (Å²) in [5.74, 6) is 1.71. The fourth-order valence-electron chi connectivity index (χ4n) is 2.03. The number of pyridine rings is 1. The number of carboxylic acid groups (broad SMARTS) is 1. The average Bonchev–Trinajstić information content (AvgIpc) is 2.74. The monoisotopic (exact) mass is 235 g/mol. The summed E-state index contributed by atoms with van der Waals surface area (Å²) in [7, 11) is 0. The molecule has 2 rings (SSSR count). The lowest BCUT2D eigenvalue weighted by atomic mass is 10.2. The van der Waals surface area contributed by atoms with E-state index in [4.69, 9.17) is 5.11 Å². The Balaban J connectivity index is 1.95. The molecule has 1 amide bonds. The molecule has 0 aliphatic carbocycles. The van der Waals surface area contributed by atoms with Crippen LogP contribution in [-0.2, 0) is 6.54 Å². The van der Waals surface area contributed by atoms with Crippen LogP contribution >= 0.6 is 0 Å². The second-order valence-electron chi connectivity index (χ2n) is 4.52. The molecule has 0 radical (unpaired) electrons. The highest BCUT2D eigenvalue weighted by atomic mass is 16.4. The minimum absolute atomic E-state index is 0.305. The molecular weight excluding hydrogens is 218 g/mol. The van der Waals surface area contributed by atoms with Crippen LogP contribution in [0.15, 0.2) is 18.3 Å². The molecule has 92 valence electrons. The van der Waals surface area contributed by atoms with Crippen molar-refractivity contribution in [3.8, 4) is 0 Å². The molecule has 5 heteroatoms. The summed E-state index contributed by atoms with van der Waals surface area (Å²) in [6.45, 7) is 4.66. The zero-order valence-corrected chi connectivity index (χ0v) is 9.89. The van der Waals surface area contributed by atoms with Crippen LogP contribution in [0.25, 0.3) is 0 Å². The van der Waals surface area contributed by atoms with Crippen molar-refractivity contribution in [1.82, 2.24) is 10.3 Å². The van der Waals surface area contributed by atoms with Gasteiger partial charge in [-0.15, -0.1) is 0 Å². The predicted octanol–water partition coefficient (Wildman–Crippen LogP) is 1.70. The van der Waals surface area contributed by atoms with Gasteiger partial charge in [0.25, 0.3) is 0 Å². The molecule has 1 saturated heterocycles. The van der Waals surface area contributed by atoms with Crippen molar-refractivity contribution in [1.29, 1.82) is 0 Å². The third-order valence-corrected chi connectivity index (χ3v) is 3.00. The van der Waals surface area contributed by atoms with Crippen LogP contribution < -0.4 is 10.2 Å². The van der Waals surface area contributed by atoms with E-state index in [-0.39, 0.29) is 0 Å². The molecule has 1 aliphatic heterocycles. The molecule has 0 aromatic carbocycles. The molecule has 1 aromatic heterocycles. The Morgan fingerprint density at radius 2 is 2.47 bits per heavy atom. The van der Waals surface area contributed by atoms with Crippen LogP contribution in [0, 0.1) is 5.92 Å². The zero-order chi connectivity index (χ0) is 12.3. The van der Waals surface area contributed by atoms with E-state index in [1.807, 2.05) is 12.1 Å². The maximum atomic E-state index is 10.3. The highest BCUT2D eigenvalue weighted by Crippen LogP contribution is 2.21. The van der Waals surface area contributed by atoms with Crippen LogP contribution in [0.3, 0.4) is 0 Å². The van der Waals surface area contributed by atoms with Gasteiger partial charge in [0.15, 0.2) is 0 Å². The van der Waals surface area contributed by atoms with Crippen LogP contribution in [-0.4, -0.2) is 29.3 Å². The molecule has 1 fully saturated rings. The van der Waals surface area contributed by atoms with Gasteiger partial charge in [0.2, 0.25) is 0 Å². The second kappa shape index (κ2) is 5.03. The van der Waals surface area contributed by atoms with Crippen molar-refractivity contribution in [3.63, 3.8) is 0 Å². The molecule has 2 heterocycles. The largest absolute Gasteiger partial charge is 0.465 e. The molecular formula is C12H17N3O2. The average molecular weight is 235 g/mol. The maximum absolute atomic E-state index is 10.3. The van der Waals surface area contributed by atoms with Crippen LogP contribution in [0.1, 0.15) is 18.9 Å². The van der Waals surface area contributed by atoms with E-state index in [1.165, 1.54) is 6.42 Å². The number of nitrogens with one attached hydrogen (secondary N) is 1. The predicted molar refractivity (Wildman–Crippen MR) is 65.1 cm³/mol. The Morgan fingerprint density at radius 1 is 1.65 bits per heavy atom. The van der Waals surface area contributed by atoms with Crippen molar-refractivity contribution in [2.45, 2.75) is 19.9 Å². The third-order valence-electron chi connectivity index (χ3n) is 3.00. The third kappa shape index (κ3) is 3.09. The van der Waals surface area contributed by atoms with E-state index in [1.54, 1.807) is 6.20 Å². The lowest BCUT2D eigenvalue weighted by Gasteiger charge is -2.16. The van der Waals surface area contributed by atoms with E-state index in [0.29, 0.717) is 6.54 Å². The first-order valence-corrected chi connectivity index (χ1v) is 5.82. The number of amides is 1. The number of anilines is 1.